The predicted molar refractivity (Wildman–Crippen MR) is 142 cm³/mol. The number of hydrogen-bond acceptors (Lipinski definition) is 8. The van der Waals surface area contributed by atoms with Crippen LogP contribution in [0.1, 0.15) is 21.3 Å². The van der Waals surface area contributed by atoms with Crippen molar-refractivity contribution in [3.05, 3.63) is 112 Å². The van der Waals surface area contributed by atoms with Gasteiger partial charge in [0.25, 0.3) is 11.6 Å². The number of aromatic carboxylic acids is 1. The van der Waals surface area contributed by atoms with E-state index in [1.807, 2.05) is 42.5 Å². The lowest BCUT2D eigenvalue weighted by atomic mass is 9.95. The molecule has 11 heteroatoms. The molecular weight excluding hydrogens is 522 g/mol. The number of para-hydroxylation sites is 1. The van der Waals surface area contributed by atoms with Gasteiger partial charge in [0, 0.05) is 21.9 Å². The number of hydroxylamine groups is 1. The maximum absolute atomic E-state index is 13.8. The molecule has 39 heavy (non-hydrogen) atoms. The largest absolute Gasteiger partial charge is 0.478 e. The number of carbonyl (C=O) groups excluding carboxylic acids is 2. The highest BCUT2D eigenvalue weighted by Gasteiger charge is 2.60. The lowest BCUT2D eigenvalue weighted by Gasteiger charge is -2.27. The van der Waals surface area contributed by atoms with Gasteiger partial charge in [-0.15, -0.1) is 11.3 Å². The quantitative estimate of drug-likeness (QED) is 0.203. The average molecular weight is 542 g/mol. The molecule has 3 heterocycles. The van der Waals surface area contributed by atoms with E-state index in [9.17, 15) is 29.6 Å². The van der Waals surface area contributed by atoms with Crippen molar-refractivity contribution in [2.24, 2.45) is 5.92 Å². The van der Waals surface area contributed by atoms with E-state index in [2.05, 4.69) is 0 Å². The Morgan fingerprint density at radius 3 is 2.21 bits per heavy atom. The Hall–Kier alpha value is -4.87. The Morgan fingerprint density at radius 2 is 1.56 bits per heavy atom. The summed E-state index contributed by atoms with van der Waals surface area (Å²) >= 11 is 1.41. The summed E-state index contributed by atoms with van der Waals surface area (Å²) < 4.78 is 0. The molecule has 4 aromatic rings. The lowest BCUT2D eigenvalue weighted by molar-refractivity contribution is -0.384. The molecule has 0 aliphatic carbocycles. The van der Waals surface area contributed by atoms with Gasteiger partial charge in [-0.3, -0.25) is 24.5 Å². The Balaban J connectivity index is 1.37. The van der Waals surface area contributed by atoms with Crippen molar-refractivity contribution in [3.8, 4) is 10.4 Å². The molecule has 3 atom stereocenters. The van der Waals surface area contributed by atoms with Crippen LogP contribution < -0.4 is 9.96 Å². The van der Waals surface area contributed by atoms with Crippen molar-refractivity contribution >= 4 is 46.2 Å². The summed E-state index contributed by atoms with van der Waals surface area (Å²) in [5, 5.41) is 21.8. The van der Waals surface area contributed by atoms with Gasteiger partial charge < -0.3 is 5.11 Å². The third-order valence-corrected chi connectivity index (χ3v) is 7.98. The van der Waals surface area contributed by atoms with Gasteiger partial charge in [-0.1, -0.05) is 18.2 Å². The van der Waals surface area contributed by atoms with E-state index in [4.69, 9.17) is 4.84 Å². The Kier molecular flexibility index (Phi) is 5.93. The normalized spacial score (nSPS) is 20.4. The van der Waals surface area contributed by atoms with Crippen molar-refractivity contribution < 1.29 is 29.3 Å². The molecule has 10 nitrogen and oxygen atoms in total. The summed E-state index contributed by atoms with van der Waals surface area (Å²) in [6.45, 7) is 0. The molecule has 6 rings (SSSR count). The summed E-state index contributed by atoms with van der Waals surface area (Å²) in [5.41, 5.74) is 1.77. The van der Waals surface area contributed by atoms with E-state index in [0.29, 0.717) is 5.69 Å². The van der Waals surface area contributed by atoms with Crippen LogP contribution in [0.4, 0.5) is 17.1 Å². The number of amides is 2. The van der Waals surface area contributed by atoms with Crippen LogP contribution in [-0.2, 0) is 14.4 Å². The van der Waals surface area contributed by atoms with Crippen LogP contribution >= 0.6 is 11.3 Å². The number of nitro groups is 1. The molecule has 0 spiro atoms. The van der Waals surface area contributed by atoms with E-state index in [1.54, 1.807) is 17.2 Å². The standard InChI is InChI=1S/C28H19N3O7S/c32-26-23-24(22-15-14-21(39-22)16-6-12-20(13-7-16)31(36)37)30(19-4-2-1-3-5-19)38-25(23)27(33)29(26)18-10-8-17(9-11-18)28(34)35/h1-15,23-25H,(H,34,35)/t23-,24+,25-/m1/s1. The smallest absolute Gasteiger partial charge is 0.335 e. The number of thiophene rings is 1. The minimum Gasteiger partial charge on any atom is -0.478 e. The van der Waals surface area contributed by atoms with E-state index >= 15 is 0 Å². The molecule has 0 bridgehead atoms. The van der Waals surface area contributed by atoms with Crippen LogP contribution in [0, 0.1) is 16.0 Å². The van der Waals surface area contributed by atoms with Gasteiger partial charge in [-0.2, -0.15) is 0 Å². The van der Waals surface area contributed by atoms with E-state index < -0.39 is 40.8 Å². The average Bonchev–Trinajstić information content (AvgIpc) is 3.64. The molecule has 3 aromatic carbocycles. The molecule has 0 radical (unpaired) electrons. The van der Waals surface area contributed by atoms with Gasteiger partial charge in [0.2, 0.25) is 5.91 Å². The molecule has 2 fully saturated rings. The molecule has 0 saturated carbocycles. The number of carboxylic acids is 1. The van der Waals surface area contributed by atoms with Gasteiger partial charge in [0.15, 0.2) is 6.10 Å². The third kappa shape index (κ3) is 4.13. The highest BCUT2D eigenvalue weighted by Crippen LogP contribution is 2.49. The number of hydrogen-bond donors (Lipinski definition) is 1. The number of benzene rings is 3. The summed E-state index contributed by atoms with van der Waals surface area (Å²) in [5.74, 6) is -2.92. The Bertz CT molecular complexity index is 1600. The molecule has 0 unspecified atom stereocenters. The summed E-state index contributed by atoms with van der Waals surface area (Å²) in [6, 6.07) is 24.1. The zero-order valence-electron chi connectivity index (χ0n) is 20.0. The molecule has 2 aliphatic heterocycles. The first-order chi connectivity index (χ1) is 18.8. The highest BCUT2D eigenvalue weighted by molar-refractivity contribution is 7.15. The maximum Gasteiger partial charge on any atom is 0.335 e. The SMILES string of the molecule is O=C(O)c1ccc(N2C(=O)[C@H]3[C@@H](ON(c4ccccc4)[C@H]3c3ccc(-c4ccc([N+](=O)[O-])cc4)s3)C2=O)cc1. The fraction of sp³-hybridized carbons (Fsp3) is 0.107. The number of non-ortho nitro benzene ring substituents is 1. The third-order valence-electron chi connectivity index (χ3n) is 6.78. The number of carboxylic acid groups (broad SMARTS) is 1. The zero-order chi connectivity index (χ0) is 27.3. The topological polar surface area (TPSA) is 130 Å². The number of anilines is 2. The Morgan fingerprint density at radius 1 is 0.872 bits per heavy atom. The molecule has 2 amide bonds. The van der Waals surface area contributed by atoms with Crippen molar-refractivity contribution in [3.63, 3.8) is 0 Å². The second kappa shape index (κ2) is 9.46. The first-order valence-corrected chi connectivity index (χ1v) is 12.7. The second-order valence-corrected chi connectivity index (χ2v) is 10.1. The van der Waals surface area contributed by atoms with Crippen molar-refractivity contribution in [2.45, 2.75) is 12.1 Å². The summed E-state index contributed by atoms with van der Waals surface area (Å²) in [4.78, 5) is 57.9. The second-order valence-electron chi connectivity index (χ2n) is 9.03. The fourth-order valence-electron chi connectivity index (χ4n) is 4.92. The monoisotopic (exact) mass is 541 g/mol. The van der Waals surface area contributed by atoms with Crippen molar-refractivity contribution in [1.29, 1.82) is 0 Å². The number of nitrogens with zero attached hydrogens (tertiary/aromatic N) is 3. The Labute approximate surface area is 225 Å². The summed E-state index contributed by atoms with van der Waals surface area (Å²) in [7, 11) is 0. The minimum absolute atomic E-state index is 0.00985. The maximum atomic E-state index is 13.8. The molecular formula is C28H19N3O7S. The molecule has 2 saturated heterocycles. The van der Waals surface area contributed by atoms with Gasteiger partial charge in [-0.25, -0.2) is 14.8 Å². The van der Waals surface area contributed by atoms with Crippen LogP contribution in [-0.4, -0.2) is 33.9 Å². The number of rotatable bonds is 6. The van der Waals surface area contributed by atoms with Crippen LogP contribution in [0.3, 0.4) is 0 Å². The first kappa shape index (κ1) is 24.5. The summed E-state index contributed by atoms with van der Waals surface area (Å²) in [6.07, 6.45) is -1.06. The number of nitro benzene ring substituents is 1. The number of imide groups is 1. The highest BCUT2D eigenvalue weighted by atomic mass is 32.1. The predicted octanol–water partition coefficient (Wildman–Crippen LogP) is 5.07. The van der Waals surface area contributed by atoms with Crippen LogP contribution in [0.5, 0.6) is 0 Å². The molecule has 2 aliphatic rings. The lowest BCUT2D eigenvalue weighted by Crippen LogP contribution is -2.37. The number of carbonyl (C=O) groups is 3. The molecule has 1 aromatic heterocycles. The van der Waals surface area contributed by atoms with Crippen molar-refractivity contribution in [1.82, 2.24) is 0 Å². The number of fused-ring (bicyclic) bond motifs is 1. The van der Waals surface area contributed by atoms with Gasteiger partial charge >= 0.3 is 5.97 Å². The van der Waals surface area contributed by atoms with Crippen LogP contribution in [0.2, 0.25) is 0 Å². The van der Waals surface area contributed by atoms with Crippen LogP contribution in [0.15, 0.2) is 91.0 Å². The van der Waals surface area contributed by atoms with E-state index in [1.165, 1.54) is 47.7 Å². The minimum atomic E-state index is -1.11. The van der Waals surface area contributed by atoms with Gasteiger partial charge in [0.05, 0.1) is 21.9 Å². The van der Waals surface area contributed by atoms with Gasteiger partial charge in [-0.05, 0) is 66.2 Å². The van der Waals surface area contributed by atoms with Gasteiger partial charge in [0.1, 0.15) is 12.0 Å². The van der Waals surface area contributed by atoms with E-state index in [0.717, 1.165) is 20.2 Å². The zero-order valence-corrected chi connectivity index (χ0v) is 20.9. The van der Waals surface area contributed by atoms with Crippen LogP contribution in [0.25, 0.3) is 10.4 Å². The fourth-order valence-corrected chi connectivity index (χ4v) is 6.07. The molecule has 1 N–H and O–H groups in total. The first-order valence-electron chi connectivity index (χ1n) is 11.9. The van der Waals surface area contributed by atoms with Crippen molar-refractivity contribution in [2.75, 3.05) is 9.96 Å². The van der Waals surface area contributed by atoms with E-state index in [-0.39, 0.29) is 16.9 Å². The molecule has 194 valence electrons.